The van der Waals surface area contributed by atoms with Gasteiger partial charge in [-0.15, -0.1) is 24.0 Å². The number of fused-ring (bicyclic) bond motifs is 4. The molecule has 25 heavy (non-hydrogen) atoms. The highest BCUT2D eigenvalue weighted by Crippen LogP contribution is 2.28. The molecule has 0 unspecified atom stereocenters. The molecule has 0 bridgehead atoms. The Labute approximate surface area is 164 Å². The Balaban J connectivity index is 0.00000182. The second-order valence-electron chi connectivity index (χ2n) is 6.79. The van der Waals surface area contributed by atoms with Crippen LogP contribution in [0, 0.1) is 13.8 Å². The molecule has 130 valence electrons. The van der Waals surface area contributed by atoms with Crippen molar-refractivity contribution in [2.24, 2.45) is 0 Å². The van der Waals surface area contributed by atoms with Crippen molar-refractivity contribution >= 4 is 57.1 Å². The molecule has 0 aliphatic rings. The number of aromatic nitrogens is 3. The second-order valence-corrected chi connectivity index (χ2v) is 6.79. The van der Waals surface area contributed by atoms with E-state index in [4.69, 9.17) is 9.97 Å². The predicted octanol–water partition coefficient (Wildman–Crippen LogP) is 4.53. The van der Waals surface area contributed by atoms with Gasteiger partial charge in [0.2, 0.25) is 0 Å². The SMILES string of the molecule is Cc1cc2nc3c4ccccc4n(CCN(C)C)c3nc2cc1C.I. The predicted molar refractivity (Wildman–Crippen MR) is 116 cm³/mol. The minimum absolute atomic E-state index is 0. The minimum Gasteiger partial charge on any atom is -0.323 e. The van der Waals surface area contributed by atoms with Gasteiger partial charge in [-0.1, -0.05) is 18.2 Å². The van der Waals surface area contributed by atoms with Crippen LogP contribution in [0.15, 0.2) is 36.4 Å². The van der Waals surface area contributed by atoms with Gasteiger partial charge < -0.3 is 9.47 Å². The van der Waals surface area contributed by atoms with Gasteiger partial charge in [-0.2, -0.15) is 0 Å². The highest BCUT2D eigenvalue weighted by atomic mass is 127. The van der Waals surface area contributed by atoms with Crippen LogP contribution in [0.1, 0.15) is 11.1 Å². The molecule has 0 amide bonds. The highest BCUT2D eigenvalue weighted by molar-refractivity contribution is 14.0. The summed E-state index contributed by atoms with van der Waals surface area (Å²) < 4.78 is 2.30. The molecule has 5 heteroatoms. The molecule has 2 heterocycles. The van der Waals surface area contributed by atoms with Gasteiger partial charge in [0.1, 0.15) is 5.52 Å². The van der Waals surface area contributed by atoms with Crippen LogP contribution in [-0.2, 0) is 6.54 Å². The molecule has 0 fully saturated rings. The maximum atomic E-state index is 4.98. The quantitative estimate of drug-likeness (QED) is 0.434. The zero-order valence-electron chi connectivity index (χ0n) is 15.1. The first kappa shape index (κ1) is 18.1. The normalized spacial score (nSPS) is 11.6. The van der Waals surface area contributed by atoms with Crippen molar-refractivity contribution in [2.45, 2.75) is 20.4 Å². The van der Waals surface area contributed by atoms with Crippen LogP contribution in [0.2, 0.25) is 0 Å². The fourth-order valence-electron chi connectivity index (χ4n) is 3.22. The number of hydrogen-bond donors (Lipinski definition) is 0. The summed E-state index contributed by atoms with van der Waals surface area (Å²) in [7, 11) is 4.20. The van der Waals surface area contributed by atoms with Gasteiger partial charge in [0.15, 0.2) is 5.65 Å². The lowest BCUT2D eigenvalue weighted by Gasteiger charge is -2.12. The minimum atomic E-state index is 0. The molecule has 0 atom stereocenters. The van der Waals surface area contributed by atoms with E-state index in [9.17, 15) is 0 Å². The zero-order valence-corrected chi connectivity index (χ0v) is 17.4. The molecule has 2 aromatic heterocycles. The topological polar surface area (TPSA) is 34.0 Å². The van der Waals surface area contributed by atoms with Crippen molar-refractivity contribution in [2.75, 3.05) is 20.6 Å². The molecule has 4 nitrogen and oxygen atoms in total. The average molecular weight is 446 g/mol. The first-order chi connectivity index (χ1) is 11.5. The van der Waals surface area contributed by atoms with Crippen LogP contribution in [0.25, 0.3) is 33.1 Å². The van der Waals surface area contributed by atoms with Crippen molar-refractivity contribution in [3.63, 3.8) is 0 Å². The second kappa shape index (κ2) is 6.88. The maximum Gasteiger partial charge on any atom is 0.160 e. The molecule has 0 saturated carbocycles. The van der Waals surface area contributed by atoms with Crippen molar-refractivity contribution in [3.8, 4) is 0 Å². The Morgan fingerprint density at radius 1 is 0.960 bits per heavy atom. The van der Waals surface area contributed by atoms with Gasteiger partial charge in [-0.3, -0.25) is 0 Å². The molecule has 4 rings (SSSR count). The summed E-state index contributed by atoms with van der Waals surface area (Å²) >= 11 is 0. The van der Waals surface area contributed by atoms with Crippen molar-refractivity contribution in [1.82, 2.24) is 19.4 Å². The lowest BCUT2D eigenvalue weighted by atomic mass is 10.1. The number of aryl methyl sites for hydroxylation is 2. The summed E-state index contributed by atoms with van der Waals surface area (Å²) in [5.74, 6) is 0. The van der Waals surface area contributed by atoms with E-state index in [2.05, 4.69) is 73.8 Å². The van der Waals surface area contributed by atoms with Crippen LogP contribution in [-0.4, -0.2) is 40.1 Å². The number of benzene rings is 2. The van der Waals surface area contributed by atoms with E-state index in [-0.39, 0.29) is 24.0 Å². The molecular formula is C20H23IN4. The van der Waals surface area contributed by atoms with Gasteiger partial charge in [0.05, 0.1) is 16.6 Å². The highest BCUT2D eigenvalue weighted by Gasteiger charge is 2.14. The summed E-state index contributed by atoms with van der Waals surface area (Å²) in [6.07, 6.45) is 0. The summed E-state index contributed by atoms with van der Waals surface area (Å²) in [6.45, 7) is 6.13. The van der Waals surface area contributed by atoms with E-state index >= 15 is 0 Å². The van der Waals surface area contributed by atoms with Crippen LogP contribution in [0.5, 0.6) is 0 Å². The van der Waals surface area contributed by atoms with Crippen LogP contribution < -0.4 is 0 Å². The number of nitrogens with zero attached hydrogens (tertiary/aromatic N) is 4. The third kappa shape index (κ3) is 3.11. The third-order valence-corrected chi connectivity index (χ3v) is 4.74. The maximum absolute atomic E-state index is 4.98. The Bertz CT molecular complexity index is 1070. The van der Waals surface area contributed by atoms with E-state index in [0.717, 1.165) is 35.3 Å². The van der Waals surface area contributed by atoms with Crippen molar-refractivity contribution in [1.29, 1.82) is 0 Å². The molecule has 0 saturated heterocycles. The standard InChI is InChI=1S/C20H22N4.HI/c1-13-11-16-17(12-14(13)2)22-20-19(21-16)15-7-5-6-8-18(15)24(20)10-9-23(3)4;/h5-8,11-12H,9-10H2,1-4H3;1H. The number of rotatable bonds is 3. The number of likely N-dealkylation sites (N-methyl/N-ethyl adjacent to an activating group) is 1. The molecular weight excluding hydrogens is 423 g/mol. The number of halogens is 1. The first-order valence-electron chi connectivity index (χ1n) is 8.35. The molecule has 2 aromatic carbocycles. The van der Waals surface area contributed by atoms with E-state index in [1.165, 1.54) is 22.0 Å². The van der Waals surface area contributed by atoms with Crippen LogP contribution in [0.4, 0.5) is 0 Å². The van der Waals surface area contributed by atoms with Crippen LogP contribution in [0.3, 0.4) is 0 Å². The number of hydrogen-bond acceptors (Lipinski definition) is 3. The fourth-order valence-corrected chi connectivity index (χ4v) is 3.22. The molecule has 0 N–H and O–H groups in total. The molecule has 0 radical (unpaired) electrons. The van der Waals surface area contributed by atoms with E-state index in [1.807, 2.05) is 0 Å². The van der Waals surface area contributed by atoms with Crippen LogP contribution >= 0.6 is 24.0 Å². The van der Waals surface area contributed by atoms with Gasteiger partial charge >= 0.3 is 0 Å². The average Bonchev–Trinajstić information content (AvgIpc) is 2.85. The van der Waals surface area contributed by atoms with Gasteiger partial charge in [0, 0.05) is 18.5 Å². The first-order valence-corrected chi connectivity index (χ1v) is 8.35. The lowest BCUT2D eigenvalue weighted by molar-refractivity contribution is 0.389. The molecule has 0 aliphatic heterocycles. The fraction of sp³-hybridized carbons (Fsp3) is 0.300. The Hall–Kier alpha value is -1.73. The van der Waals surface area contributed by atoms with Gasteiger partial charge in [-0.05, 0) is 57.3 Å². The summed E-state index contributed by atoms with van der Waals surface area (Å²) in [6, 6.07) is 12.8. The van der Waals surface area contributed by atoms with Crippen molar-refractivity contribution in [3.05, 3.63) is 47.5 Å². The third-order valence-electron chi connectivity index (χ3n) is 4.74. The Morgan fingerprint density at radius 2 is 1.60 bits per heavy atom. The number of para-hydroxylation sites is 1. The molecule has 4 aromatic rings. The van der Waals surface area contributed by atoms with Gasteiger partial charge in [-0.25, -0.2) is 9.97 Å². The largest absolute Gasteiger partial charge is 0.323 e. The monoisotopic (exact) mass is 446 g/mol. The summed E-state index contributed by atoms with van der Waals surface area (Å²) in [5.41, 5.74) is 7.65. The van der Waals surface area contributed by atoms with E-state index in [0.29, 0.717) is 0 Å². The molecule has 0 aliphatic carbocycles. The Morgan fingerprint density at radius 3 is 2.28 bits per heavy atom. The van der Waals surface area contributed by atoms with Crippen molar-refractivity contribution < 1.29 is 0 Å². The summed E-state index contributed by atoms with van der Waals surface area (Å²) in [5, 5.41) is 1.18. The summed E-state index contributed by atoms with van der Waals surface area (Å²) in [4.78, 5) is 12.1. The smallest absolute Gasteiger partial charge is 0.160 e. The van der Waals surface area contributed by atoms with E-state index < -0.39 is 0 Å². The lowest BCUT2D eigenvalue weighted by Crippen LogP contribution is -2.18. The Kier molecular flexibility index (Phi) is 4.97. The molecule has 0 spiro atoms. The van der Waals surface area contributed by atoms with E-state index in [1.54, 1.807) is 0 Å². The van der Waals surface area contributed by atoms with Gasteiger partial charge in [0.25, 0.3) is 0 Å². The zero-order chi connectivity index (χ0) is 16.8.